The average molecular weight is 277 g/mol. The molecule has 1 aliphatic carbocycles. The standard InChI is InChI=1S/C10H11N7OS/c11-9(14-18)6-1-4-8(12-5-6)19-10-13-15-16-17(10)7-2-3-7/h1,4-5,7,18H,2-3H2,(H2,11,14). The molecule has 0 spiro atoms. The van der Waals surface area contributed by atoms with E-state index in [0.29, 0.717) is 11.6 Å². The van der Waals surface area contributed by atoms with Gasteiger partial charge < -0.3 is 10.9 Å². The summed E-state index contributed by atoms with van der Waals surface area (Å²) in [6.45, 7) is 0. The number of hydrogen-bond donors (Lipinski definition) is 2. The third-order valence-electron chi connectivity index (χ3n) is 2.69. The van der Waals surface area contributed by atoms with Gasteiger partial charge in [-0.25, -0.2) is 9.67 Å². The molecule has 0 bridgehead atoms. The van der Waals surface area contributed by atoms with Gasteiger partial charge in [-0.05, 0) is 47.2 Å². The fraction of sp³-hybridized carbons (Fsp3) is 0.300. The zero-order chi connectivity index (χ0) is 13.2. The van der Waals surface area contributed by atoms with Gasteiger partial charge in [-0.1, -0.05) is 5.16 Å². The Morgan fingerprint density at radius 1 is 1.47 bits per heavy atom. The van der Waals surface area contributed by atoms with Crippen molar-refractivity contribution in [1.29, 1.82) is 0 Å². The van der Waals surface area contributed by atoms with Gasteiger partial charge in [0.15, 0.2) is 5.84 Å². The van der Waals surface area contributed by atoms with Gasteiger partial charge in [0.1, 0.15) is 5.03 Å². The maximum Gasteiger partial charge on any atom is 0.215 e. The van der Waals surface area contributed by atoms with Crippen LogP contribution in [0.3, 0.4) is 0 Å². The molecule has 0 saturated heterocycles. The maximum absolute atomic E-state index is 8.57. The highest BCUT2D eigenvalue weighted by Crippen LogP contribution is 2.37. The molecule has 0 amide bonds. The minimum Gasteiger partial charge on any atom is -0.409 e. The Hall–Kier alpha value is -2.16. The van der Waals surface area contributed by atoms with Crippen molar-refractivity contribution in [2.75, 3.05) is 0 Å². The Kier molecular flexibility index (Phi) is 3.03. The number of pyridine rings is 1. The van der Waals surface area contributed by atoms with Gasteiger partial charge in [0.25, 0.3) is 0 Å². The molecule has 0 radical (unpaired) electrons. The van der Waals surface area contributed by atoms with Crippen LogP contribution in [-0.4, -0.2) is 36.2 Å². The number of amidine groups is 1. The molecule has 2 heterocycles. The molecule has 9 heteroatoms. The molecule has 2 aromatic rings. The number of rotatable bonds is 4. The second kappa shape index (κ2) is 4.84. The Balaban J connectivity index is 1.77. The topological polar surface area (TPSA) is 115 Å². The van der Waals surface area contributed by atoms with Crippen molar-refractivity contribution in [3.63, 3.8) is 0 Å². The smallest absolute Gasteiger partial charge is 0.215 e. The Morgan fingerprint density at radius 3 is 2.95 bits per heavy atom. The first-order chi connectivity index (χ1) is 9.28. The van der Waals surface area contributed by atoms with Crippen LogP contribution in [0.4, 0.5) is 0 Å². The van der Waals surface area contributed by atoms with E-state index in [1.54, 1.807) is 18.3 Å². The fourth-order valence-electron chi connectivity index (χ4n) is 1.54. The van der Waals surface area contributed by atoms with Crippen LogP contribution < -0.4 is 5.73 Å². The van der Waals surface area contributed by atoms with Crippen molar-refractivity contribution in [3.05, 3.63) is 23.9 Å². The van der Waals surface area contributed by atoms with Crippen molar-refractivity contribution < 1.29 is 5.21 Å². The van der Waals surface area contributed by atoms with Crippen molar-refractivity contribution in [3.8, 4) is 0 Å². The predicted molar refractivity (Wildman–Crippen MR) is 67.0 cm³/mol. The van der Waals surface area contributed by atoms with Crippen molar-refractivity contribution in [1.82, 2.24) is 25.2 Å². The predicted octanol–water partition coefficient (Wildman–Crippen LogP) is 0.649. The normalized spacial score (nSPS) is 15.7. The third-order valence-corrected chi connectivity index (χ3v) is 3.59. The summed E-state index contributed by atoms with van der Waals surface area (Å²) < 4.78 is 1.82. The lowest BCUT2D eigenvalue weighted by molar-refractivity contribution is 0.318. The van der Waals surface area contributed by atoms with E-state index in [2.05, 4.69) is 25.7 Å². The zero-order valence-electron chi connectivity index (χ0n) is 9.84. The molecule has 3 rings (SSSR count). The molecule has 1 saturated carbocycles. The Labute approximate surface area is 112 Å². The lowest BCUT2D eigenvalue weighted by Crippen LogP contribution is -2.13. The quantitative estimate of drug-likeness (QED) is 0.365. The third kappa shape index (κ3) is 2.50. The van der Waals surface area contributed by atoms with Gasteiger partial charge in [-0.2, -0.15) is 0 Å². The van der Waals surface area contributed by atoms with Crippen LogP contribution in [0.5, 0.6) is 0 Å². The largest absolute Gasteiger partial charge is 0.409 e. The van der Waals surface area contributed by atoms with Crippen molar-refractivity contribution >= 4 is 17.6 Å². The lowest BCUT2D eigenvalue weighted by Gasteiger charge is -2.02. The number of nitrogens with two attached hydrogens (primary N) is 1. The SMILES string of the molecule is N/C(=N\O)c1ccc(Sc2nnnn2C2CC2)nc1. The van der Waals surface area contributed by atoms with Crippen LogP contribution in [0.1, 0.15) is 24.4 Å². The van der Waals surface area contributed by atoms with Gasteiger partial charge in [0.2, 0.25) is 5.16 Å². The van der Waals surface area contributed by atoms with E-state index in [0.717, 1.165) is 23.0 Å². The van der Waals surface area contributed by atoms with Crippen LogP contribution in [0.15, 0.2) is 33.7 Å². The van der Waals surface area contributed by atoms with E-state index >= 15 is 0 Å². The first-order valence-electron chi connectivity index (χ1n) is 5.67. The molecule has 19 heavy (non-hydrogen) atoms. The minimum atomic E-state index is 0.0341. The molecule has 0 unspecified atom stereocenters. The van der Waals surface area contributed by atoms with Gasteiger partial charge >= 0.3 is 0 Å². The fourth-order valence-corrected chi connectivity index (χ4v) is 2.33. The highest BCUT2D eigenvalue weighted by atomic mass is 32.2. The monoisotopic (exact) mass is 277 g/mol. The molecule has 3 N–H and O–H groups in total. The Bertz CT molecular complexity index is 605. The Morgan fingerprint density at radius 2 is 2.32 bits per heavy atom. The summed E-state index contributed by atoms with van der Waals surface area (Å²) in [4.78, 5) is 4.23. The summed E-state index contributed by atoms with van der Waals surface area (Å²) in [5, 5.41) is 24.6. The molecule has 0 atom stereocenters. The summed E-state index contributed by atoms with van der Waals surface area (Å²) in [6.07, 6.45) is 3.78. The summed E-state index contributed by atoms with van der Waals surface area (Å²) in [7, 11) is 0. The number of hydrogen-bond acceptors (Lipinski definition) is 7. The highest BCUT2D eigenvalue weighted by molar-refractivity contribution is 7.99. The first kappa shape index (κ1) is 11.9. The van der Waals surface area contributed by atoms with E-state index in [4.69, 9.17) is 10.9 Å². The summed E-state index contributed by atoms with van der Waals surface area (Å²) in [6, 6.07) is 3.94. The molecule has 2 aromatic heterocycles. The molecule has 8 nitrogen and oxygen atoms in total. The molecular weight excluding hydrogens is 266 g/mol. The maximum atomic E-state index is 8.57. The van der Waals surface area contributed by atoms with Crippen molar-refractivity contribution in [2.24, 2.45) is 10.9 Å². The number of nitrogens with zero attached hydrogens (tertiary/aromatic N) is 6. The van der Waals surface area contributed by atoms with E-state index in [9.17, 15) is 0 Å². The van der Waals surface area contributed by atoms with E-state index in [-0.39, 0.29) is 5.84 Å². The number of tetrazole rings is 1. The van der Waals surface area contributed by atoms with Crippen LogP contribution in [-0.2, 0) is 0 Å². The van der Waals surface area contributed by atoms with Crippen molar-refractivity contribution in [2.45, 2.75) is 29.1 Å². The molecule has 0 aromatic carbocycles. The van der Waals surface area contributed by atoms with E-state index < -0.39 is 0 Å². The highest BCUT2D eigenvalue weighted by Gasteiger charge is 2.28. The molecular formula is C10H11N7OS. The zero-order valence-corrected chi connectivity index (χ0v) is 10.7. The van der Waals surface area contributed by atoms with Gasteiger partial charge in [0, 0.05) is 11.8 Å². The number of aromatic nitrogens is 5. The average Bonchev–Trinajstić information content (AvgIpc) is 3.19. The van der Waals surface area contributed by atoms with Crippen LogP contribution >= 0.6 is 11.8 Å². The van der Waals surface area contributed by atoms with E-state index in [1.165, 1.54) is 11.8 Å². The molecule has 0 aliphatic heterocycles. The summed E-state index contributed by atoms with van der Waals surface area (Å²) in [5.41, 5.74) is 6.03. The van der Waals surface area contributed by atoms with Crippen LogP contribution in [0, 0.1) is 0 Å². The first-order valence-corrected chi connectivity index (χ1v) is 6.49. The molecule has 98 valence electrons. The minimum absolute atomic E-state index is 0.0341. The van der Waals surface area contributed by atoms with Gasteiger partial charge in [-0.3, -0.25) is 0 Å². The van der Waals surface area contributed by atoms with Crippen LogP contribution in [0.2, 0.25) is 0 Å². The lowest BCUT2D eigenvalue weighted by atomic mass is 10.3. The second-order valence-electron chi connectivity index (χ2n) is 4.11. The molecule has 1 fully saturated rings. The van der Waals surface area contributed by atoms with Crippen LogP contribution in [0.25, 0.3) is 0 Å². The second-order valence-corrected chi connectivity index (χ2v) is 5.10. The van der Waals surface area contributed by atoms with Gasteiger partial charge in [0.05, 0.1) is 6.04 Å². The van der Waals surface area contributed by atoms with Gasteiger partial charge in [-0.15, -0.1) is 5.10 Å². The number of oxime groups is 1. The van der Waals surface area contributed by atoms with E-state index in [1.807, 2.05) is 4.68 Å². The molecule has 1 aliphatic rings. The summed E-state index contributed by atoms with van der Waals surface area (Å²) >= 11 is 1.39. The summed E-state index contributed by atoms with van der Waals surface area (Å²) in [5.74, 6) is 0.0341.